The summed E-state index contributed by atoms with van der Waals surface area (Å²) in [5.74, 6) is -0.0869. The largest absolute Gasteiger partial charge is 0.382 e. The van der Waals surface area contributed by atoms with E-state index in [0.717, 1.165) is 25.7 Å². The minimum absolute atomic E-state index is 0.0869. The predicted molar refractivity (Wildman–Crippen MR) is 65.3 cm³/mol. The molecule has 4 nitrogen and oxygen atoms in total. The number of hydrogen-bond donors (Lipinski definition) is 1. The van der Waals surface area contributed by atoms with Crippen LogP contribution in [0.4, 0.5) is 0 Å². The predicted octanol–water partition coefficient (Wildman–Crippen LogP) is 2.00. The molecule has 0 aromatic heterocycles. The van der Waals surface area contributed by atoms with Gasteiger partial charge in [0.2, 0.25) is 5.91 Å². The summed E-state index contributed by atoms with van der Waals surface area (Å²) in [6.45, 7) is 3.92. The molecule has 1 amide bonds. The number of rotatable bonds is 6. The van der Waals surface area contributed by atoms with Gasteiger partial charge in [-0.25, -0.2) is 0 Å². The van der Waals surface area contributed by atoms with Gasteiger partial charge in [-0.15, -0.1) is 0 Å². The molecule has 1 fully saturated rings. The molecule has 0 spiro atoms. The van der Waals surface area contributed by atoms with Crippen LogP contribution in [0.5, 0.6) is 0 Å². The van der Waals surface area contributed by atoms with Crippen LogP contribution in [0.1, 0.15) is 45.4 Å². The fraction of sp³-hybridized carbons (Fsp3) is 0.846. The Morgan fingerprint density at radius 3 is 2.71 bits per heavy atom. The van der Waals surface area contributed by atoms with Crippen molar-refractivity contribution >= 4 is 5.91 Å². The van der Waals surface area contributed by atoms with Crippen LogP contribution in [0.25, 0.3) is 0 Å². The highest BCUT2D eigenvalue weighted by atomic mass is 16.5. The van der Waals surface area contributed by atoms with Gasteiger partial charge in [0, 0.05) is 19.8 Å². The number of hydrogen-bond acceptors (Lipinski definition) is 3. The van der Waals surface area contributed by atoms with Crippen molar-refractivity contribution < 1.29 is 9.53 Å². The Kier molecular flexibility index (Phi) is 5.99. The Balaban J connectivity index is 2.32. The summed E-state index contributed by atoms with van der Waals surface area (Å²) in [4.78, 5) is 12.0. The first-order valence-corrected chi connectivity index (χ1v) is 6.52. The summed E-state index contributed by atoms with van der Waals surface area (Å²) in [7, 11) is 0. The van der Waals surface area contributed by atoms with Crippen molar-refractivity contribution in [3.63, 3.8) is 0 Å². The zero-order chi connectivity index (χ0) is 12.6. The number of nitrogens with one attached hydrogen (secondary N) is 1. The molecule has 0 bridgehead atoms. The Bertz CT molecular complexity index is 278. The molecule has 0 aromatic carbocycles. The summed E-state index contributed by atoms with van der Waals surface area (Å²) >= 11 is 0. The smallest absolute Gasteiger partial charge is 0.240 e. The highest BCUT2D eigenvalue weighted by Gasteiger charge is 2.39. The summed E-state index contributed by atoms with van der Waals surface area (Å²) < 4.78 is 5.20. The zero-order valence-electron chi connectivity index (χ0n) is 10.6. The van der Waals surface area contributed by atoms with Crippen LogP contribution in [0, 0.1) is 16.7 Å². The van der Waals surface area contributed by atoms with E-state index in [2.05, 4.69) is 11.4 Å². The molecule has 0 unspecified atom stereocenters. The van der Waals surface area contributed by atoms with Gasteiger partial charge in [0.15, 0.2) is 0 Å². The van der Waals surface area contributed by atoms with E-state index >= 15 is 0 Å². The van der Waals surface area contributed by atoms with Crippen LogP contribution in [0.15, 0.2) is 0 Å². The molecule has 1 N–H and O–H groups in total. The fourth-order valence-electron chi connectivity index (χ4n) is 2.23. The first kappa shape index (κ1) is 14.0. The van der Waals surface area contributed by atoms with E-state index in [4.69, 9.17) is 4.74 Å². The minimum Gasteiger partial charge on any atom is -0.382 e. The molecular weight excluding hydrogens is 216 g/mol. The molecular formula is C13H22N2O2. The second-order valence-corrected chi connectivity index (χ2v) is 4.56. The molecule has 0 aliphatic heterocycles. The van der Waals surface area contributed by atoms with Crippen molar-refractivity contribution in [1.29, 1.82) is 5.26 Å². The van der Waals surface area contributed by atoms with Crippen molar-refractivity contribution in [2.24, 2.45) is 5.41 Å². The van der Waals surface area contributed by atoms with Gasteiger partial charge >= 0.3 is 0 Å². The average Bonchev–Trinajstić information content (AvgIpc) is 2.39. The average molecular weight is 238 g/mol. The molecule has 4 heteroatoms. The van der Waals surface area contributed by atoms with Gasteiger partial charge < -0.3 is 10.1 Å². The quantitative estimate of drug-likeness (QED) is 0.720. The topological polar surface area (TPSA) is 62.1 Å². The van der Waals surface area contributed by atoms with E-state index in [9.17, 15) is 10.1 Å². The van der Waals surface area contributed by atoms with E-state index < -0.39 is 5.41 Å². The monoisotopic (exact) mass is 238 g/mol. The maximum absolute atomic E-state index is 12.0. The van der Waals surface area contributed by atoms with Crippen molar-refractivity contribution in [1.82, 2.24) is 5.32 Å². The third-order valence-corrected chi connectivity index (χ3v) is 3.31. The van der Waals surface area contributed by atoms with Crippen molar-refractivity contribution in [2.75, 3.05) is 19.8 Å². The molecule has 0 radical (unpaired) electrons. The van der Waals surface area contributed by atoms with E-state index in [1.165, 1.54) is 0 Å². The van der Waals surface area contributed by atoms with Crippen LogP contribution in [-0.4, -0.2) is 25.7 Å². The SMILES string of the molecule is CCOCCCNC(=O)C1(C#N)CCCCC1. The van der Waals surface area contributed by atoms with Gasteiger partial charge in [0.1, 0.15) is 5.41 Å². The Morgan fingerprint density at radius 2 is 2.12 bits per heavy atom. The summed E-state index contributed by atoms with van der Waals surface area (Å²) in [5, 5.41) is 12.1. The second kappa shape index (κ2) is 7.29. The van der Waals surface area contributed by atoms with Crippen molar-refractivity contribution in [3.05, 3.63) is 0 Å². The molecule has 0 saturated heterocycles. The zero-order valence-corrected chi connectivity index (χ0v) is 10.6. The molecule has 0 heterocycles. The van der Waals surface area contributed by atoms with Crippen LogP contribution >= 0.6 is 0 Å². The van der Waals surface area contributed by atoms with E-state index in [1.807, 2.05) is 6.92 Å². The summed E-state index contributed by atoms with van der Waals surface area (Å²) in [6, 6.07) is 2.23. The number of carbonyl (C=O) groups is 1. The second-order valence-electron chi connectivity index (χ2n) is 4.56. The van der Waals surface area contributed by atoms with E-state index in [0.29, 0.717) is 32.6 Å². The van der Waals surface area contributed by atoms with Gasteiger partial charge in [0.25, 0.3) is 0 Å². The lowest BCUT2D eigenvalue weighted by Gasteiger charge is -2.29. The first-order chi connectivity index (χ1) is 8.25. The van der Waals surface area contributed by atoms with E-state index in [1.54, 1.807) is 0 Å². The Labute approximate surface area is 103 Å². The highest BCUT2D eigenvalue weighted by Crippen LogP contribution is 2.35. The first-order valence-electron chi connectivity index (χ1n) is 6.52. The number of amides is 1. The lowest BCUT2D eigenvalue weighted by molar-refractivity contribution is -0.129. The summed E-state index contributed by atoms with van der Waals surface area (Å²) in [5.41, 5.74) is -0.760. The fourth-order valence-corrected chi connectivity index (χ4v) is 2.23. The van der Waals surface area contributed by atoms with Crippen molar-refractivity contribution in [3.8, 4) is 6.07 Å². The normalized spacial score (nSPS) is 18.4. The van der Waals surface area contributed by atoms with Crippen LogP contribution in [0.3, 0.4) is 0 Å². The van der Waals surface area contributed by atoms with Crippen LogP contribution in [-0.2, 0) is 9.53 Å². The molecule has 1 rings (SSSR count). The van der Waals surface area contributed by atoms with Gasteiger partial charge in [0.05, 0.1) is 6.07 Å². The lowest BCUT2D eigenvalue weighted by atomic mass is 9.74. The van der Waals surface area contributed by atoms with Crippen molar-refractivity contribution in [2.45, 2.75) is 45.4 Å². The molecule has 96 valence electrons. The third kappa shape index (κ3) is 4.01. The lowest BCUT2D eigenvalue weighted by Crippen LogP contribution is -2.42. The third-order valence-electron chi connectivity index (χ3n) is 3.31. The standard InChI is InChI=1S/C13H22N2O2/c1-2-17-10-6-9-15-12(16)13(11-14)7-4-3-5-8-13/h2-10H2,1H3,(H,15,16). The number of nitriles is 1. The van der Waals surface area contributed by atoms with Crippen LogP contribution in [0.2, 0.25) is 0 Å². The minimum atomic E-state index is -0.760. The molecule has 0 aromatic rings. The molecule has 1 aliphatic rings. The van der Waals surface area contributed by atoms with Crippen LogP contribution < -0.4 is 5.32 Å². The van der Waals surface area contributed by atoms with Gasteiger partial charge in [-0.3, -0.25) is 4.79 Å². The van der Waals surface area contributed by atoms with Gasteiger partial charge in [-0.2, -0.15) is 5.26 Å². The molecule has 1 aliphatic carbocycles. The maximum Gasteiger partial charge on any atom is 0.240 e. The maximum atomic E-state index is 12.0. The van der Waals surface area contributed by atoms with E-state index in [-0.39, 0.29) is 5.91 Å². The Morgan fingerprint density at radius 1 is 1.41 bits per heavy atom. The number of ether oxygens (including phenoxy) is 1. The molecule has 0 atom stereocenters. The highest BCUT2D eigenvalue weighted by molar-refractivity contribution is 5.85. The van der Waals surface area contributed by atoms with Gasteiger partial charge in [-0.05, 0) is 26.2 Å². The number of carbonyl (C=O) groups excluding carboxylic acids is 1. The summed E-state index contributed by atoms with van der Waals surface area (Å²) in [6.07, 6.45) is 5.34. The van der Waals surface area contributed by atoms with Gasteiger partial charge in [-0.1, -0.05) is 19.3 Å². The number of nitrogens with zero attached hydrogens (tertiary/aromatic N) is 1. The Hall–Kier alpha value is -1.08. The molecule has 1 saturated carbocycles. The molecule has 17 heavy (non-hydrogen) atoms.